The average Bonchev–Trinajstić information content (AvgIpc) is 3.35. The van der Waals surface area contributed by atoms with Crippen molar-refractivity contribution in [2.45, 2.75) is 38.3 Å². The van der Waals surface area contributed by atoms with Crippen LogP contribution in [-0.2, 0) is 7.05 Å². The molecule has 146 valence electrons. The predicted octanol–water partition coefficient (Wildman–Crippen LogP) is 0.586. The van der Waals surface area contributed by atoms with Crippen LogP contribution in [0.5, 0.6) is 0 Å². The van der Waals surface area contributed by atoms with Crippen molar-refractivity contribution in [3.05, 3.63) is 29.3 Å². The van der Waals surface area contributed by atoms with Crippen LogP contribution >= 0.6 is 11.9 Å². The van der Waals surface area contributed by atoms with Crippen LogP contribution in [0.25, 0.3) is 16.6 Å². The molecule has 9 heteroatoms. The smallest absolute Gasteiger partial charge is 0.468 e. The summed E-state index contributed by atoms with van der Waals surface area (Å²) in [6.45, 7) is 4.10. The summed E-state index contributed by atoms with van der Waals surface area (Å²) in [6, 6.07) is 3.15. The summed E-state index contributed by atoms with van der Waals surface area (Å²) in [6.07, 6.45) is 7.50. The van der Waals surface area contributed by atoms with E-state index in [0.29, 0.717) is 17.9 Å². The summed E-state index contributed by atoms with van der Waals surface area (Å²) in [7, 11) is 3.69. The first-order valence-corrected chi connectivity index (χ1v) is 10.6. The molecular formula is C19H28KN7S. The standard InChI is InChI=1S/C19H28N7S.K/c1-4-7-27-26-14-5-6-15(26)12-25(11-14)18(20)16-8-17(23-19(16)21-2)13-9-22-24(3)10-13;/h8-10,14-15,20,23H,4-7,11-12H2,1-3H3;/q-1;+1. The second kappa shape index (κ2) is 9.68. The third-order valence-electron chi connectivity index (χ3n) is 5.47. The Morgan fingerprint density at radius 2 is 2.07 bits per heavy atom. The van der Waals surface area contributed by atoms with Crippen molar-refractivity contribution in [3.63, 3.8) is 0 Å². The van der Waals surface area contributed by atoms with Crippen molar-refractivity contribution < 1.29 is 51.4 Å². The maximum Gasteiger partial charge on any atom is 1.00 e. The zero-order valence-corrected chi connectivity index (χ0v) is 21.2. The van der Waals surface area contributed by atoms with E-state index in [4.69, 9.17) is 5.41 Å². The number of rotatable bonds is 6. The molecule has 28 heavy (non-hydrogen) atoms. The van der Waals surface area contributed by atoms with Gasteiger partial charge in [-0.05, 0) is 31.0 Å². The number of piperazine rings is 1. The van der Waals surface area contributed by atoms with Crippen LogP contribution in [0, 0.1) is 5.41 Å². The molecule has 0 aliphatic carbocycles. The average molecular weight is 426 g/mol. The Morgan fingerprint density at radius 3 is 2.64 bits per heavy atom. The van der Waals surface area contributed by atoms with E-state index in [1.165, 1.54) is 25.0 Å². The molecule has 0 amide bonds. The van der Waals surface area contributed by atoms with Crippen molar-refractivity contribution in [2.75, 3.05) is 25.9 Å². The molecular weight excluding hydrogens is 397 g/mol. The van der Waals surface area contributed by atoms with Gasteiger partial charge in [0.15, 0.2) is 0 Å². The molecule has 0 spiro atoms. The molecule has 2 aromatic rings. The van der Waals surface area contributed by atoms with Gasteiger partial charge in [0.1, 0.15) is 5.84 Å². The van der Waals surface area contributed by atoms with Gasteiger partial charge in [0, 0.05) is 55.3 Å². The number of aryl methyl sites for hydroxylation is 1. The molecule has 2 atom stereocenters. The summed E-state index contributed by atoms with van der Waals surface area (Å²) >= 11 is 2.00. The summed E-state index contributed by atoms with van der Waals surface area (Å²) in [5, 5.41) is 17.5. The number of H-pyrrole nitrogens is 1. The van der Waals surface area contributed by atoms with Gasteiger partial charge in [0.05, 0.1) is 6.20 Å². The molecule has 2 aliphatic rings. The van der Waals surface area contributed by atoms with Crippen LogP contribution in [-0.4, -0.2) is 67.8 Å². The summed E-state index contributed by atoms with van der Waals surface area (Å²) in [4.78, 5) is 5.60. The van der Waals surface area contributed by atoms with Crippen LogP contribution in [0.1, 0.15) is 31.7 Å². The number of aromatic nitrogens is 3. The van der Waals surface area contributed by atoms with E-state index in [0.717, 1.165) is 35.7 Å². The van der Waals surface area contributed by atoms with Gasteiger partial charge in [-0.2, -0.15) is 5.10 Å². The van der Waals surface area contributed by atoms with Gasteiger partial charge in [-0.3, -0.25) is 10.1 Å². The summed E-state index contributed by atoms with van der Waals surface area (Å²) in [5.41, 5.74) is 2.86. The van der Waals surface area contributed by atoms with E-state index in [2.05, 4.69) is 31.5 Å². The van der Waals surface area contributed by atoms with Gasteiger partial charge in [0.25, 0.3) is 0 Å². The Bertz CT molecular complexity index is 803. The molecule has 0 saturated carbocycles. The van der Waals surface area contributed by atoms with Crippen LogP contribution < -0.4 is 51.4 Å². The zero-order chi connectivity index (χ0) is 19.0. The van der Waals surface area contributed by atoms with E-state index < -0.39 is 0 Å². The van der Waals surface area contributed by atoms with Gasteiger partial charge in [-0.25, -0.2) is 4.31 Å². The fourth-order valence-electron chi connectivity index (χ4n) is 4.14. The van der Waals surface area contributed by atoms with E-state index >= 15 is 0 Å². The molecule has 2 fully saturated rings. The maximum absolute atomic E-state index is 8.86. The molecule has 2 aromatic heterocycles. The molecule has 4 heterocycles. The second-order valence-electron chi connectivity index (χ2n) is 7.40. The molecule has 0 aromatic carbocycles. The van der Waals surface area contributed by atoms with Crippen molar-refractivity contribution in [2.24, 2.45) is 7.05 Å². The number of likely N-dealkylation sites (tertiary alicyclic amines) is 1. The predicted molar refractivity (Wildman–Crippen MR) is 112 cm³/mol. The first-order valence-electron chi connectivity index (χ1n) is 9.67. The monoisotopic (exact) mass is 425 g/mol. The van der Waals surface area contributed by atoms with Crippen LogP contribution in [0.15, 0.2) is 18.5 Å². The number of amidine groups is 1. The number of fused-ring (bicyclic) bond motifs is 2. The molecule has 2 aliphatic heterocycles. The zero-order valence-electron chi connectivity index (χ0n) is 17.3. The Hall–Kier alpha value is -0.294. The number of hydrogen-bond acceptors (Lipinski definition) is 4. The van der Waals surface area contributed by atoms with Gasteiger partial charge in [-0.15, -0.1) is 0 Å². The maximum atomic E-state index is 8.86. The molecule has 7 nitrogen and oxygen atoms in total. The van der Waals surface area contributed by atoms with E-state index in [1.54, 1.807) is 11.7 Å². The quantitative estimate of drug-likeness (QED) is 0.307. The van der Waals surface area contributed by atoms with Crippen molar-refractivity contribution >= 4 is 23.6 Å². The van der Waals surface area contributed by atoms with Gasteiger partial charge in [-0.1, -0.05) is 31.7 Å². The number of aromatic amines is 1. The third-order valence-corrected chi connectivity index (χ3v) is 6.95. The minimum Gasteiger partial charge on any atom is -0.468 e. The molecule has 2 N–H and O–H groups in total. The third kappa shape index (κ3) is 4.40. The number of nitrogens with one attached hydrogen (secondary N) is 2. The SMILES string of the molecule is CCCSN1C2CCC1CN(C(=N)c1cc(-c3cnn(C)c3)[nH]c1[N-]C)C2.[K+]. The largest absolute Gasteiger partial charge is 1.00 e. The van der Waals surface area contributed by atoms with Crippen LogP contribution in [0.4, 0.5) is 5.82 Å². The van der Waals surface area contributed by atoms with E-state index in [9.17, 15) is 0 Å². The first-order chi connectivity index (χ1) is 13.1. The minimum atomic E-state index is 0. The van der Waals surface area contributed by atoms with Crippen molar-refractivity contribution in [3.8, 4) is 11.3 Å². The van der Waals surface area contributed by atoms with Gasteiger partial charge in [0.2, 0.25) is 0 Å². The number of nitrogens with zero attached hydrogens (tertiary/aromatic N) is 5. The van der Waals surface area contributed by atoms with Crippen LogP contribution in [0.3, 0.4) is 0 Å². The summed E-state index contributed by atoms with van der Waals surface area (Å²) < 4.78 is 4.39. The van der Waals surface area contributed by atoms with E-state index in [-0.39, 0.29) is 51.4 Å². The second-order valence-corrected chi connectivity index (χ2v) is 8.49. The Kier molecular flexibility index (Phi) is 7.74. The fraction of sp³-hybridized carbons (Fsp3) is 0.579. The fourth-order valence-corrected chi connectivity index (χ4v) is 5.30. The van der Waals surface area contributed by atoms with Crippen molar-refractivity contribution in [1.29, 1.82) is 5.41 Å². The summed E-state index contributed by atoms with van der Waals surface area (Å²) in [5.74, 6) is 2.54. The topological polar surface area (TPSA) is 78.0 Å². The Labute approximate surface area is 214 Å². The molecule has 4 rings (SSSR count). The minimum absolute atomic E-state index is 0. The Morgan fingerprint density at radius 1 is 1.36 bits per heavy atom. The van der Waals surface area contributed by atoms with Crippen LogP contribution in [0.2, 0.25) is 0 Å². The normalized spacial score (nSPS) is 21.6. The first kappa shape index (κ1) is 22.4. The molecule has 2 bridgehead atoms. The van der Waals surface area contributed by atoms with E-state index in [1.807, 2.05) is 37.5 Å². The number of hydrogen-bond donors (Lipinski definition) is 2. The Balaban J connectivity index is 0.00000225. The van der Waals surface area contributed by atoms with Gasteiger partial charge >= 0.3 is 51.4 Å². The van der Waals surface area contributed by atoms with Crippen molar-refractivity contribution in [1.82, 2.24) is 24.0 Å². The molecule has 2 saturated heterocycles. The molecule has 0 radical (unpaired) electrons. The van der Waals surface area contributed by atoms with Gasteiger partial charge < -0.3 is 15.2 Å². The molecule has 2 unspecified atom stereocenters.